The molecule has 0 radical (unpaired) electrons. The first-order valence-electron chi connectivity index (χ1n) is 15.7. The Morgan fingerprint density at radius 1 is 0.957 bits per heavy atom. The summed E-state index contributed by atoms with van der Waals surface area (Å²) in [6.07, 6.45) is 0.269. The van der Waals surface area contributed by atoms with Crippen molar-refractivity contribution in [3.63, 3.8) is 0 Å². The maximum atomic E-state index is 14.6. The van der Waals surface area contributed by atoms with Gasteiger partial charge in [0.05, 0.1) is 45.3 Å². The largest absolute Gasteiger partial charge is 0.494 e. The molecule has 18 heteroatoms. The highest BCUT2D eigenvalue weighted by molar-refractivity contribution is 7.88. The highest BCUT2D eigenvalue weighted by Crippen LogP contribution is 2.33. The zero-order chi connectivity index (χ0) is 32.3. The maximum Gasteiger partial charge on any atom is 0.296 e. The first kappa shape index (κ1) is 35.3. The predicted molar refractivity (Wildman–Crippen MR) is 175 cm³/mol. The van der Waals surface area contributed by atoms with E-state index in [1.165, 1.54) is 22.2 Å². The van der Waals surface area contributed by atoms with Crippen molar-refractivity contribution in [1.29, 1.82) is 0 Å². The molecule has 3 fully saturated rings. The van der Waals surface area contributed by atoms with Crippen LogP contribution in [0.3, 0.4) is 0 Å². The van der Waals surface area contributed by atoms with E-state index in [9.17, 15) is 17.2 Å². The van der Waals surface area contributed by atoms with Gasteiger partial charge in [0.1, 0.15) is 11.3 Å². The van der Waals surface area contributed by atoms with E-state index in [1.54, 1.807) is 18.2 Å². The van der Waals surface area contributed by atoms with Crippen LogP contribution >= 0.6 is 12.4 Å². The number of benzene rings is 1. The van der Waals surface area contributed by atoms with Crippen molar-refractivity contribution in [3.05, 3.63) is 24.0 Å². The summed E-state index contributed by atoms with van der Waals surface area (Å²) in [7, 11) is -1.85. The quantitative estimate of drug-likeness (QED) is 0.291. The maximum absolute atomic E-state index is 14.6. The van der Waals surface area contributed by atoms with Crippen molar-refractivity contribution in [2.75, 3.05) is 102 Å². The Bertz CT molecular complexity index is 1600. The fourth-order valence-corrected chi connectivity index (χ4v) is 7.18. The molecule has 2 aromatic heterocycles. The summed E-state index contributed by atoms with van der Waals surface area (Å²) in [5.74, 6) is 0.619. The zero-order valence-corrected chi connectivity index (χ0v) is 28.3. The first-order valence-corrected chi connectivity index (χ1v) is 17.5. The van der Waals surface area contributed by atoms with E-state index in [0.29, 0.717) is 95.2 Å². The number of hydrogen-bond acceptors (Lipinski definition) is 12. The number of nitrogens with zero attached hydrogens (tertiary/aromatic N) is 9. The molecule has 0 atom stereocenters. The highest BCUT2D eigenvalue weighted by atomic mass is 35.5. The number of rotatable bonds is 11. The van der Waals surface area contributed by atoms with Gasteiger partial charge in [-0.2, -0.15) is 15.0 Å². The van der Waals surface area contributed by atoms with E-state index < -0.39 is 22.3 Å². The Labute approximate surface area is 279 Å². The van der Waals surface area contributed by atoms with Crippen molar-refractivity contribution in [1.82, 2.24) is 33.7 Å². The summed E-state index contributed by atoms with van der Waals surface area (Å²) < 4.78 is 73.0. The molecule has 0 bridgehead atoms. The van der Waals surface area contributed by atoms with Gasteiger partial charge in [0.25, 0.3) is 6.43 Å². The lowest BCUT2D eigenvalue weighted by molar-refractivity contribution is 0.0375. The lowest BCUT2D eigenvalue weighted by Crippen LogP contribution is -2.48. The molecule has 0 amide bonds. The molecule has 260 valence electrons. The van der Waals surface area contributed by atoms with Crippen LogP contribution in [0.2, 0.25) is 0 Å². The number of methoxy groups -OCH3 is 1. The summed E-state index contributed by atoms with van der Waals surface area (Å²) in [5, 5.41) is 0. The molecule has 6 rings (SSSR count). The van der Waals surface area contributed by atoms with Crippen LogP contribution in [0.1, 0.15) is 31.5 Å². The van der Waals surface area contributed by atoms with Crippen molar-refractivity contribution in [3.8, 4) is 11.7 Å². The number of hydrogen-bond donors (Lipinski definition) is 0. The summed E-state index contributed by atoms with van der Waals surface area (Å²) in [6, 6.07) is 5.01. The average Bonchev–Trinajstić information content (AvgIpc) is 3.48. The lowest BCUT2D eigenvalue weighted by Gasteiger charge is -2.38. The number of fused-ring (bicyclic) bond motifs is 1. The van der Waals surface area contributed by atoms with Gasteiger partial charge in [-0.25, -0.2) is 26.5 Å². The lowest BCUT2D eigenvalue weighted by atomic mass is 10.0. The average molecular weight is 702 g/mol. The van der Waals surface area contributed by atoms with Crippen molar-refractivity contribution in [2.24, 2.45) is 0 Å². The minimum atomic E-state index is -3.32. The Morgan fingerprint density at radius 2 is 1.62 bits per heavy atom. The van der Waals surface area contributed by atoms with E-state index in [1.807, 2.05) is 4.90 Å². The molecule has 0 saturated carbocycles. The van der Waals surface area contributed by atoms with Gasteiger partial charge in [-0.3, -0.25) is 9.47 Å². The summed E-state index contributed by atoms with van der Waals surface area (Å²) in [5.41, 5.74) is 0.672. The second kappa shape index (κ2) is 15.5. The van der Waals surface area contributed by atoms with Crippen LogP contribution in [-0.4, -0.2) is 140 Å². The van der Waals surface area contributed by atoms with Gasteiger partial charge < -0.3 is 24.0 Å². The molecule has 0 aliphatic carbocycles. The number of imidazole rings is 1. The normalized spacial score (nSPS) is 18.9. The van der Waals surface area contributed by atoms with Crippen LogP contribution in [0.4, 0.5) is 20.7 Å². The monoisotopic (exact) mass is 701 g/mol. The topological polar surface area (TPSA) is 131 Å². The fraction of sp³-hybridized carbons (Fsp3) is 0.655. The van der Waals surface area contributed by atoms with Crippen molar-refractivity contribution < 1.29 is 31.4 Å². The van der Waals surface area contributed by atoms with Crippen molar-refractivity contribution >= 4 is 45.4 Å². The SMILES string of the molecule is COc1cccc2c1nc(C(F)F)n2-c1nc(N2CCOCC2)nc(N(CCCN2CCOCC2)C2CCN(S(C)(=O)=O)CC2)n1.Cl. The van der Waals surface area contributed by atoms with Gasteiger partial charge in [0, 0.05) is 58.4 Å². The van der Waals surface area contributed by atoms with Crippen LogP contribution in [0, 0.1) is 0 Å². The smallest absolute Gasteiger partial charge is 0.296 e. The van der Waals surface area contributed by atoms with Crippen molar-refractivity contribution in [2.45, 2.75) is 31.7 Å². The number of aromatic nitrogens is 5. The van der Waals surface area contributed by atoms with Gasteiger partial charge in [-0.15, -0.1) is 12.4 Å². The zero-order valence-electron chi connectivity index (χ0n) is 26.6. The minimum Gasteiger partial charge on any atom is -0.494 e. The van der Waals surface area contributed by atoms with Crippen LogP contribution < -0.4 is 14.5 Å². The summed E-state index contributed by atoms with van der Waals surface area (Å²) in [4.78, 5) is 25.2. The second-order valence-corrected chi connectivity index (χ2v) is 13.6. The van der Waals surface area contributed by atoms with Crippen LogP contribution in [-0.2, 0) is 19.5 Å². The fourth-order valence-electron chi connectivity index (χ4n) is 6.31. The molecule has 14 nitrogen and oxygen atoms in total. The van der Waals surface area contributed by atoms with E-state index in [2.05, 4.69) is 14.8 Å². The minimum absolute atomic E-state index is 0. The molecular formula is C29H42ClF2N9O5S. The van der Waals surface area contributed by atoms with Crippen LogP contribution in [0.15, 0.2) is 18.2 Å². The summed E-state index contributed by atoms with van der Waals surface area (Å²) in [6.45, 7) is 7.33. The number of para-hydroxylation sites is 1. The number of alkyl halides is 2. The van der Waals surface area contributed by atoms with Gasteiger partial charge in [-0.1, -0.05) is 6.07 Å². The molecule has 0 N–H and O–H groups in total. The standard InChI is InChI=1S/C29H41F2N9O5S.ClH/c1-43-23-6-3-5-22-24(23)32-26(25(30)31)40(22)29-34-27(37-15-19-45-20-16-37)33-28(35-29)39(10-4-9-36-13-17-44-18-14-36)21-7-11-38(12-8-21)46(2,41)42;/h3,5-6,21,25H,4,7-20H2,1-2H3;1H. The second-order valence-electron chi connectivity index (χ2n) is 11.7. The summed E-state index contributed by atoms with van der Waals surface area (Å²) >= 11 is 0. The van der Waals surface area contributed by atoms with E-state index >= 15 is 0 Å². The third-order valence-corrected chi connectivity index (χ3v) is 10.1. The number of halogens is 3. The number of sulfonamides is 1. The number of ether oxygens (including phenoxy) is 3. The number of morpholine rings is 2. The Balaban J connectivity index is 0.00000433. The molecule has 3 aliphatic heterocycles. The van der Waals surface area contributed by atoms with Crippen LogP contribution in [0.5, 0.6) is 5.75 Å². The highest BCUT2D eigenvalue weighted by Gasteiger charge is 2.32. The molecule has 0 unspecified atom stereocenters. The van der Waals surface area contributed by atoms with E-state index in [0.717, 1.165) is 26.1 Å². The van der Waals surface area contributed by atoms with Gasteiger partial charge >= 0.3 is 0 Å². The third-order valence-electron chi connectivity index (χ3n) is 8.75. The van der Waals surface area contributed by atoms with Crippen LogP contribution in [0.25, 0.3) is 17.0 Å². The third kappa shape index (κ3) is 8.03. The van der Waals surface area contributed by atoms with E-state index in [-0.39, 0.29) is 29.9 Å². The molecule has 3 aromatic rings. The molecule has 1 aromatic carbocycles. The Morgan fingerprint density at radius 3 is 2.26 bits per heavy atom. The first-order chi connectivity index (χ1) is 22.2. The molecular weight excluding hydrogens is 660 g/mol. The molecule has 5 heterocycles. The Kier molecular flexibility index (Phi) is 11.7. The molecule has 0 spiro atoms. The van der Waals surface area contributed by atoms with Gasteiger partial charge in [0.2, 0.25) is 27.9 Å². The molecule has 47 heavy (non-hydrogen) atoms. The number of piperidine rings is 1. The number of anilines is 2. The van der Waals surface area contributed by atoms with Gasteiger partial charge in [-0.05, 0) is 31.4 Å². The molecule has 3 aliphatic rings. The van der Waals surface area contributed by atoms with E-state index in [4.69, 9.17) is 29.2 Å². The predicted octanol–water partition coefficient (Wildman–Crippen LogP) is 2.37. The van der Waals surface area contributed by atoms with Gasteiger partial charge in [0.15, 0.2) is 5.82 Å². The molecule has 3 saturated heterocycles. The Hall–Kier alpha value is -2.96.